The third kappa shape index (κ3) is 2.78. The highest BCUT2D eigenvalue weighted by molar-refractivity contribution is 5.83. The summed E-state index contributed by atoms with van der Waals surface area (Å²) in [6.45, 7) is 0. The summed E-state index contributed by atoms with van der Waals surface area (Å²) in [5.74, 6) is 0.496. The van der Waals surface area contributed by atoms with Crippen molar-refractivity contribution >= 4 is 5.97 Å². The van der Waals surface area contributed by atoms with Crippen LogP contribution in [0.5, 0.6) is 0 Å². The molecule has 0 heterocycles. The maximum absolute atomic E-state index is 10.8. The summed E-state index contributed by atoms with van der Waals surface area (Å²) in [5, 5.41) is 0. The average molecular weight is 180 g/mol. The predicted molar refractivity (Wildman–Crippen MR) is 48.9 cm³/mol. The molecule has 0 aromatic heterocycles. The van der Waals surface area contributed by atoms with Gasteiger partial charge < -0.3 is 9.47 Å². The van der Waals surface area contributed by atoms with E-state index in [1.165, 1.54) is 13.2 Å². The molecule has 1 aliphatic carbocycles. The second kappa shape index (κ2) is 4.50. The number of ether oxygens (including phenoxy) is 2. The first-order valence-corrected chi connectivity index (χ1v) is 3.97. The third-order valence-corrected chi connectivity index (χ3v) is 1.74. The molecule has 3 nitrogen and oxygen atoms in total. The highest BCUT2D eigenvalue weighted by Gasteiger charge is 2.02. The van der Waals surface area contributed by atoms with E-state index in [0.717, 1.165) is 11.3 Å². The molecule has 0 spiro atoms. The minimum atomic E-state index is -0.325. The van der Waals surface area contributed by atoms with Crippen molar-refractivity contribution in [3.63, 3.8) is 0 Å². The predicted octanol–water partition coefficient (Wildman–Crippen LogP) is 1.58. The Kier molecular flexibility index (Phi) is 3.31. The molecule has 0 aromatic carbocycles. The van der Waals surface area contributed by atoms with E-state index < -0.39 is 0 Å². The smallest absolute Gasteiger partial charge is 0.330 e. The zero-order valence-corrected chi connectivity index (χ0v) is 7.74. The van der Waals surface area contributed by atoms with Crippen molar-refractivity contribution < 1.29 is 14.3 Å². The molecule has 1 aliphatic rings. The quantitative estimate of drug-likeness (QED) is 0.478. The van der Waals surface area contributed by atoms with Crippen LogP contribution in [-0.4, -0.2) is 20.2 Å². The first kappa shape index (κ1) is 9.58. The molecule has 0 amide bonds. The lowest BCUT2D eigenvalue weighted by molar-refractivity contribution is -0.134. The normalized spacial score (nSPS) is 18.3. The van der Waals surface area contributed by atoms with Gasteiger partial charge in [0.15, 0.2) is 0 Å². The van der Waals surface area contributed by atoms with Gasteiger partial charge in [-0.3, -0.25) is 0 Å². The number of allylic oxidation sites excluding steroid dienone is 4. The molecule has 0 unspecified atom stereocenters. The summed E-state index contributed by atoms with van der Waals surface area (Å²) in [6, 6.07) is 0. The van der Waals surface area contributed by atoms with Gasteiger partial charge in [-0.1, -0.05) is 6.08 Å². The van der Waals surface area contributed by atoms with Gasteiger partial charge in [0, 0.05) is 6.08 Å². The topological polar surface area (TPSA) is 35.5 Å². The molecule has 0 bridgehead atoms. The van der Waals surface area contributed by atoms with Crippen LogP contribution < -0.4 is 0 Å². The zero-order chi connectivity index (χ0) is 9.68. The second-order valence-electron chi connectivity index (χ2n) is 2.59. The SMILES string of the molecule is COC(=O)/C=C1/C=CC(OC)=CC1. The minimum Gasteiger partial charge on any atom is -0.497 e. The number of methoxy groups -OCH3 is 2. The number of hydrogen-bond donors (Lipinski definition) is 0. The van der Waals surface area contributed by atoms with Gasteiger partial charge in [0.2, 0.25) is 0 Å². The molecule has 0 atom stereocenters. The third-order valence-electron chi connectivity index (χ3n) is 1.74. The molecule has 13 heavy (non-hydrogen) atoms. The Labute approximate surface area is 77.3 Å². The van der Waals surface area contributed by atoms with E-state index >= 15 is 0 Å². The second-order valence-corrected chi connectivity index (χ2v) is 2.59. The van der Waals surface area contributed by atoms with Crippen LogP contribution in [0.3, 0.4) is 0 Å². The molecule has 0 saturated carbocycles. The Balaban J connectivity index is 2.61. The van der Waals surface area contributed by atoms with E-state index in [1.807, 2.05) is 18.2 Å². The van der Waals surface area contributed by atoms with Crippen LogP contribution in [0.1, 0.15) is 6.42 Å². The highest BCUT2D eigenvalue weighted by atomic mass is 16.5. The van der Waals surface area contributed by atoms with Crippen molar-refractivity contribution in [2.45, 2.75) is 6.42 Å². The van der Waals surface area contributed by atoms with Crippen LogP contribution in [-0.2, 0) is 14.3 Å². The minimum absolute atomic E-state index is 0.325. The van der Waals surface area contributed by atoms with Crippen LogP contribution in [0.4, 0.5) is 0 Å². The van der Waals surface area contributed by atoms with Gasteiger partial charge in [-0.05, 0) is 24.1 Å². The van der Waals surface area contributed by atoms with E-state index in [1.54, 1.807) is 7.11 Å². The fourth-order valence-electron chi connectivity index (χ4n) is 1.01. The van der Waals surface area contributed by atoms with Crippen LogP contribution in [0.15, 0.2) is 35.6 Å². The molecule has 1 rings (SSSR count). The fourth-order valence-corrected chi connectivity index (χ4v) is 1.01. The van der Waals surface area contributed by atoms with Crippen molar-refractivity contribution in [1.29, 1.82) is 0 Å². The van der Waals surface area contributed by atoms with E-state index in [9.17, 15) is 4.79 Å². The first-order chi connectivity index (χ1) is 6.26. The molecule has 0 fully saturated rings. The summed E-state index contributed by atoms with van der Waals surface area (Å²) in [6.07, 6.45) is 7.75. The van der Waals surface area contributed by atoms with Gasteiger partial charge in [0.1, 0.15) is 5.76 Å². The van der Waals surface area contributed by atoms with Gasteiger partial charge in [0.25, 0.3) is 0 Å². The molecule has 70 valence electrons. The van der Waals surface area contributed by atoms with Crippen molar-refractivity contribution in [3.8, 4) is 0 Å². The summed E-state index contributed by atoms with van der Waals surface area (Å²) in [7, 11) is 2.98. The number of carbonyl (C=O) groups excluding carboxylic acids is 1. The van der Waals surface area contributed by atoms with Crippen molar-refractivity contribution in [1.82, 2.24) is 0 Å². The lowest BCUT2D eigenvalue weighted by Crippen LogP contribution is -1.98. The average Bonchev–Trinajstić information content (AvgIpc) is 2.19. The van der Waals surface area contributed by atoms with Crippen molar-refractivity contribution in [2.75, 3.05) is 14.2 Å². The Hall–Kier alpha value is -1.51. The highest BCUT2D eigenvalue weighted by Crippen LogP contribution is 2.15. The number of esters is 1. The van der Waals surface area contributed by atoms with Gasteiger partial charge in [-0.2, -0.15) is 0 Å². The van der Waals surface area contributed by atoms with Crippen molar-refractivity contribution in [3.05, 3.63) is 35.6 Å². The van der Waals surface area contributed by atoms with Gasteiger partial charge in [-0.15, -0.1) is 0 Å². The zero-order valence-electron chi connectivity index (χ0n) is 7.74. The summed E-state index contributed by atoms with van der Waals surface area (Å²) in [5.41, 5.74) is 0.924. The number of carbonyl (C=O) groups is 1. The molecule has 0 aliphatic heterocycles. The summed E-state index contributed by atoms with van der Waals surface area (Å²) >= 11 is 0. The lowest BCUT2D eigenvalue weighted by Gasteiger charge is -2.07. The van der Waals surface area contributed by atoms with Gasteiger partial charge in [-0.25, -0.2) is 4.79 Å². The number of hydrogen-bond acceptors (Lipinski definition) is 3. The summed E-state index contributed by atoms with van der Waals surface area (Å²) in [4.78, 5) is 10.8. The molecule has 0 N–H and O–H groups in total. The maximum atomic E-state index is 10.8. The molecular formula is C10H12O3. The summed E-state index contributed by atoms with van der Waals surface area (Å²) < 4.78 is 9.51. The van der Waals surface area contributed by atoms with E-state index in [4.69, 9.17) is 4.74 Å². The van der Waals surface area contributed by atoms with Crippen LogP contribution >= 0.6 is 0 Å². The van der Waals surface area contributed by atoms with Crippen LogP contribution in [0.2, 0.25) is 0 Å². The Bertz CT molecular complexity index is 285. The van der Waals surface area contributed by atoms with Gasteiger partial charge in [0.05, 0.1) is 14.2 Å². The first-order valence-electron chi connectivity index (χ1n) is 3.97. The fraction of sp³-hybridized carbons (Fsp3) is 0.300. The Morgan fingerprint density at radius 1 is 1.46 bits per heavy atom. The number of rotatable bonds is 2. The monoisotopic (exact) mass is 180 g/mol. The van der Waals surface area contributed by atoms with E-state index in [2.05, 4.69) is 4.74 Å². The van der Waals surface area contributed by atoms with Crippen LogP contribution in [0, 0.1) is 0 Å². The Morgan fingerprint density at radius 3 is 2.69 bits per heavy atom. The van der Waals surface area contributed by atoms with E-state index in [0.29, 0.717) is 6.42 Å². The molecule has 0 radical (unpaired) electrons. The largest absolute Gasteiger partial charge is 0.497 e. The standard InChI is InChI=1S/C10H12O3/c1-12-9-5-3-8(4-6-9)7-10(11)13-2/h3,5-7H,4H2,1-2H3/b8-7-. The maximum Gasteiger partial charge on any atom is 0.330 e. The molecule has 3 heteroatoms. The van der Waals surface area contributed by atoms with Crippen molar-refractivity contribution in [2.24, 2.45) is 0 Å². The molecule has 0 aromatic rings. The Morgan fingerprint density at radius 2 is 2.23 bits per heavy atom. The molecule has 0 saturated heterocycles. The van der Waals surface area contributed by atoms with E-state index in [-0.39, 0.29) is 5.97 Å². The lowest BCUT2D eigenvalue weighted by atomic mass is 10.1. The molecular weight excluding hydrogens is 168 g/mol. The van der Waals surface area contributed by atoms with Crippen LogP contribution in [0.25, 0.3) is 0 Å². The van der Waals surface area contributed by atoms with Gasteiger partial charge >= 0.3 is 5.97 Å².